The second-order valence-electron chi connectivity index (χ2n) is 9.76. The first-order valence-electron chi connectivity index (χ1n) is 12.4. The maximum atomic E-state index is 13.0. The number of Topliss-reactive ketones (excluding diaryl/α,β-unsaturated/α-hetero) is 1. The summed E-state index contributed by atoms with van der Waals surface area (Å²) < 4.78 is 16.1. The van der Waals surface area contributed by atoms with Crippen LogP contribution in [0.3, 0.4) is 0 Å². The first-order valence-corrected chi connectivity index (χ1v) is 12.4. The van der Waals surface area contributed by atoms with Crippen molar-refractivity contribution in [2.45, 2.75) is 95.2 Å². The maximum Gasteiger partial charge on any atom is 0.328 e. The monoisotopic (exact) mass is 469 g/mol. The van der Waals surface area contributed by atoms with E-state index in [-0.39, 0.29) is 25.9 Å². The fourth-order valence-corrected chi connectivity index (χ4v) is 5.30. The molecule has 0 aromatic carbocycles. The van der Waals surface area contributed by atoms with Gasteiger partial charge in [0.2, 0.25) is 5.79 Å². The molecule has 9 nitrogen and oxygen atoms in total. The van der Waals surface area contributed by atoms with Crippen molar-refractivity contribution in [3.63, 3.8) is 0 Å². The highest BCUT2D eigenvalue weighted by Crippen LogP contribution is 2.32. The van der Waals surface area contributed by atoms with Crippen molar-refractivity contribution in [2.75, 3.05) is 26.9 Å². The zero-order valence-electron chi connectivity index (χ0n) is 19.9. The van der Waals surface area contributed by atoms with Crippen LogP contribution in [0.5, 0.6) is 0 Å². The number of methoxy groups -OCH3 is 1. The smallest absolute Gasteiger partial charge is 0.328 e. The predicted molar refractivity (Wildman–Crippen MR) is 118 cm³/mol. The van der Waals surface area contributed by atoms with Crippen molar-refractivity contribution >= 4 is 17.7 Å². The van der Waals surface area contributed by atoms with Crippen LogP contribution in [0.1, 0.15) is 71.1 Å². The number of ketones is 1. The lowest BCUT2D eigenvalue weighted by Crippen LogP contribution is -2.59. The number of aliphatic hydroxyl groups excluding tert-OH is 1. The highest BCUT2D eigenvalue weighted by Gasteiger charge is 2.50. The van der Waals surface area contributed by atoms with Crippen molar-refractivity contribution in [2.24, 2.45) is 11.8 Å². The topological polar surface area (TPSA) is 123 Å². The summed E-state index contributed by atoms with van der Waals surface area (Å²) in [6.07, 6.45) is 6.62. The molecule has 0 spiro atoms. The highest BCUT2D eigenvalue weighted by molar-refractivity contribution is 6.39. The van der Waals surface area contributed by atoms with E-state index in [9.17, 15) is 24.6 Å². The van der Waals surface area contributed by atoms with Crippen LogP contribution < -0.4 is 0 Å². The van der Waals surface area contributed by atoms with Crippen LogP contribution in [0, 0.1) is 11.8 Å². The summed E-state index contributed by atoms with van der Waals surface area (Å²) in [6, 6.07) is -0.819. The Morgan fingerprint density at radius 3 is 2.64 bits per heavy atom. The van der Waals surface area contributed by atoms with Crippen LogP contribution in [-0.2, 0) is 28.6 Å². The lowest BCUT2D eigenvalue weighted by Gasteiger charge is -2.39. The second-order valence-corrected chi connectivity index (χ2v) is 9.76. The van der Waals surface area contributed by atoms with Crippen molar-refractivity contribution in [1.29, 1.82) is 0 Å². The molecule has 3 fully saturated rings. The normalized spacial score (nSPS) is 35.2. The molecule has 2 heterocycles. The SMILES string of the molecule is CO[C@@H]1C[C@H](CCCOC(=O)C2CCCCN2C(=O)C(=O)C2(O)OCCCC2C)CCC1O. The Balaban J connectivity index is 1.50. The van der Waals surface area contributed by atoms with Gasteiger partial charge in [-0.3, -0.25) is 9.59 Å². The third-order valence-corrected chi connectivity index (χ3v) is 7.50. The van der Waals surface area contributed by atoms with Crippen LogP contribution in [0.15, 0.2) is 0 Å². The Labute approximate surface area is 195 Å². The van der Waals surface area contributed by atoms with Gasteiger partial charge in [-0.05, 0) is 70.1 Å². The summed E-state index contributed by atoms with van der Waals surface area (Å²) in [5, 5.41) is 20.6. The summed E-state index contributed by atoms with van der Waals surface area (Å²) >= 11 is 0. The molecule has 3 aliphatic rings. The number of hydrogen-bond acceptors (Lipinski definition) is 8. The van der Waals surface area contributed by atoms with Gasteiger partial charge < -0.3 is 29.3 Å². The lowest BCUT2D eigenvalue weighted by molar-refractivity contribution is -0.240. The number of piperidine rings is 1. The number of amides is 1. The molecule has 0 bridgehead atoms. The maximum absolute atomic E-state index is 13.0. The number of ether oxygens (including phenoxy) is 3. The molecule has 1 saturated carbocycles. The third kappa shape index (κ3) is 6.12. The molecule has 1 aliphatic carbocycles. The van der Waals surface area contributed by atoms with Crippen LogP contribution >= 0.6 is 0 Å². The van der Waals surface area contributed by atoms with Gasteiger partial charge in [-0.1, -0.05) is 6.92 Å². The molecule has 9 heteroatoms. The standard InChI is InChI=1S/C24H39NO8/c1-16-7-5-14-33-24(16,30)21(27)22(28)25-12-4-3-9-18(25)23(29)32-13-6-8-17-10-11-19(26)20(15-17)31-2/h16-20,26,30H,3-15H2,1-2H3/t16?,17-,18?,19?,20-,24?/m1/s1. The number of aliphatic hydroxyl groups is 2. The summed E-state index contributed by atoms with van der Waals surface area (Å²) in [6.45, 7) is 2.42. The van der Waals surface area contributed by atoms with E-state index in [2.05, 4.69) is 0 Å². The minimum absolute atomic E-state index is 0.142. The summed E-state index contributed by atoms with van der Waals surface area (Å²) in [4.78, 5) is 39.9. The van der Waals surface area contributed by atoms with Crippen molar-refractivity contribution in [3.8, 4) is 0 Å². The number of nitrogens with zero attached hydrogens (tertiary/aromatic N) is 1. The minimum Gasteiger partial charge on any atom is -0.464 e. The Morgan fingerprint density at radius 1 is 1.12 bits per heavy atom. The fourth-order valence-electron chi connectivity index (χ4n) is 5.30. The van der Waals surface area contributed by atoms with Crippen molar-refractivity contribution in [1.82, 2.24) is 4.90 Å². The number of rotatable bonds is 8. The molecular weight excluding hydrogens is 430 g/mol. The fraction of sp³-hybridized carbons (Fsp3) is 0.875. The Morgan fingerprint density at radius 2 is 1.91 bits per heavy atom. The van der Waals surface area contributed by atoms with Crippen LogP contribution in [-0.4, -0.2) is 83.7 Å². The van der Waals surface area contributed by atoms with Gasteiger partial charge in [0, 0.05) is 19.6 Å². The molecule has 3 rings (SSSR count). The first kappa shape index (κ1) is 26.1. The van der Waals surface area contributed by atoms with E-state index >= 15 is 0 Å². The molecule has 6 atom stereocenters. The molecule has 0 aromatic rings. The molecule has 188 valence electrons. The van der Waals surface area contributed by atoms with E-state index in [1.165, 1.54) is 4.90 Å². The van der Waals surface area contributed by atoms with Gasteiger partial charge in [-0.25, -0.2) is 4.79 Å². The van der Waals surface area contributed by atoms with E-state index in [0.717, 1.165) is 32.1 Å². The van der Waals surface area contributed by atoms with Gasteiger partial charge in [0.25, 0.3) is 11.7 Å². The van der Waals surface area contributed by atoms with Crippen LogP contribution in [0.2, 0.25) is 0 Å². The molecule has 0 radical (unpaired) electrons. The van der Waals surface area contributed by atoms with Gasteiger partial charge >= 0.3 is 5.97 Å². The van der Waals surface area contributed by atoms with Crippen LogP contribution in [0.4, 0.5) is 0 Å². The van der Waals surface area contributed by atoms with E-state index in [1.54, 1.807) is 14.0 Å². The number of carbonyl (C=O) groups excluding carboxylic acids is 3. The lowest BCUT2D eigenvalue weighted by atomic mass is 9.83. The molecule has 1 amide bonds. The minimum atomic E-state index is -2.13. The second kappa shape index (κ2) is 11.7. The summed E-state index contributed by atoms with van der Waals surface area (Å²) in [5.41, 5.74) is 0. The zero-order chi connectivity index (χ0) is 24.0. The Kier molecular flexibility index (Phi) is 9.26. The largest absolute Gasteiger partial charge is 0.464 e. The molecular formula is C24H39NO8. The zero-order valence-corrected chi connectivity index (χ0v) is 19.9. The average molecular weight is 470 g/mol. The molecule has 2 N–H and O–H groups in total. The summed E-state index contributed by atoms with van der Waals surface area (Å²) in [5.74, 6) is -4.58. The average Bonchev–Trinajstić information content (AvgIpc) is 2.83. The van der Waals surface area contributed by atoms with Crippen molar-refractivity contribution < 1.29 is 38.8 Å². The Hall–Kier alpha value is -1.55. The van der Waals surface area contributed by atoms with Crippen LogP contribution in [0.25, 0.3) is 0 Å². The number of likely N-dealkylation sites (tertiary alicyclic amines) is 1. The van der Waals surface area contributed by atoms with Gasteiger partial charge in [-0.2, -0.15) is 0 Å². The highest BCUT2D eigenvalue weighted by atomic mass is 16.6. The Bertz CT molecular complexity index is 700. The van der Waals surface area contributed by atoms with Gasteiger partial charge in [-0.15, -0.1) is 0 Å². The first-order chi connectivity index (χ1) is 15.8. The van der Waals surface area contributed by atoms with Gasteiger partial charge in [0.05, 0.1) is 25.4 Å². The number of carbonyl (C=O) groups is 3. The molecule has 4 unspecified atom stereocenters. The molecule has 2 saturated heterocycles. The summed E-state index contributed by atoms with van der Waals surface area (Å²) in [7, 11) is 1.61. The predicted octanol–water partition coefficient (Wildman–Crippen LogP) is 1.57. The van der Waals surface area contributed by atoms with Gasteiger partial charge in [0.1, 0.15) is 6.04 Å². The van der Waals surface area contributed by atoms with E-state index in [1.807, 2.05) is 0 Å². The van der Waals surface area contributed by atoms with Gasteiger partial charge in [0.15, 0.2) is 0 Å². The van der Waals surface area contributed by atoms with Crippen molar-refractivity contribution in [3.05, 3.63) is 0 Å². The van der Waals surface area contributed by atoms with E-state index in [4.69, 9.17) is 14.2 Å². The number of hydrogen-bond donors (Lipinski definition) is 2. The molecule has 33 heavy (non-hydrogen) atoms. The van der Waals surface area contributed by atoms with E-state index in [0.29, 0.717) is 38.0 Å². The molecule has 2 aliphatic heterocycles. The van der Waals surface area contributed by atoms with E-state index < -0.39 is 41.5 Å². The molecule has 0 aromatic heterocycles. The third-order valence-electron chi connectivity index (χ3n) is 7.50. The quantitative estimate of drug-likeness (QED) is 0.312. The number of esters is 1.